The van der Waals surface area contributed by atoms with E-state index in [2.05, 4.69) is 15.8 Å². The van der Waals surface area contributed by atoms with Gasteiger partial charge in [-0.25, -0.2) is 0 Å². The number of halogens is 3. The summed E-state index contributed by atoms with van der Waals surface area (Å²) in [5.41, 5.74) is 3.88. The molecule has 0 aliphatic carbocycles. The Morgan fingerprint density at radius 3 is 2.27 bits per heavy atom. The summed E-state index contributed by atoms with van der Waals surface area (Å²) < 4.78 is 11.7. The number of hydrogen-bond acceptors (Lipinski definition) is 5. The molecule has 0 saturated carbocycles. The summed E-state index contributed by atoms with van der Waals surface area (Å²) in [4.78, 5) is 25.8. The number of anilines is 1. The standard InChI is InChI=1S/C34H28Cl3N3O4/c1-20(2)32-26(31(40-44-32)30-27(35)12-7-13-28(30)36)19-43-24-14-15-25(29(37)17-24)34(42)39-23-11-6-10-22(16-23)33(41)38-18-21-8-4-3-5-9-21/h3-17,20H,18-19H2,1-2H3,(H,38,41)(H,39,42). The number of aromatic nitrogens is 1. The number of amides is 2. The molecule has 0 spiro atoms. The van der Waals surface area contributed by atoms with E-state index < -0.39 is 5.91 Å². The topological polar surface area (TPSA) is 93.5 Å². The van der Waals surface area contributed by atoms with Gasteiger partial charge in [-0.05, 0) is 54.1 Å². The van der Waals surface area contributed by atoms with Crippen molar-refractivity contribution in [3.05, 3.63) is 134 Å². The van der Waals surface area contributed by atoms with Crippen molar-refractivity contribution in [1.82, 2.24) is 10.5 Å². The Bertz CT molecular complexity index is 1790. The highest BCUT2D eigenvalue weighted by molar-refractivity contribution is 6.39. The number of rotatable bonds is 10. The van der Waals surface area contributed by atoms with Crippen LogP contribution in [-0.4, -0.2) is 17.0 Å². The molecule has 1 heterocycles. The van der Waals surface area contributed by atoms with E-state index >= 15 is 0 Å². The molecule has 5 aromatic rings. The lowest BCUT2D eigenvalue weighted by Crippen LogP contribution is -2.23. The zero-order valence-corrected chi connectivity index (χ0v) is 26.1. The van der Waals surface area contributed by atoms with Crippen LogP contribution in [0.2, 0.25) is 15.1 Å². The van der Waals surface area contributed by atoms with Crippen LogP contribution in [-0.2, 0) is 13.2 Å². The molecule has 2 N–H and O–H groups in total. The van der Waals surface area contributed by atoms with Crippen LogP contribution in [0.5, 0.6) is 5.75 Å². The number of nitrogens with zero attached hydrogens (tertiary/aromatic N) is 1. The second-order valence-electron chi connectivity index (χ2n) is 10.3. The first-order valence-corrected chi connectivity index (χ1v) is 14.9. The molecular weight excluding hydrogens is 621 g/mol. The zero-order valence-electron chi connectivity index (χ0n) is 23.9. The van der Waals surface area contributed by atoms with Crippen LogP contribution in [0.15, 0.2) is 95.5 Å². The minimum Gasteiger partial charge on any atom is -0.489 e. The van der Waals surface area contributed by atoms with E-state index in [1.54, 1.807) is 60.7 Å². The smallest absolute Gasteiger partial charge is 0.257 e. The fourth-order valence-electron chi connectivity index (χ4n) is 4.58. The molecule has 0 aliphatic heterocycles. The van der Waals surface area contributed by atoms with Gasteiger partial charge in [0.25, 0.3) is 11.8 Å². The molecule has 0 fully saturated rings. The second-order valence-corrected chi connectivity index (χ2v) is 11.5. The lowest BCUT2D eigenvalue weighted by Gasteiger charge is -2.12. The Labute approximate surface area is 270 Å². The minimum absolute atomic E-state index is 0.0270. The van der Waals surface area contributed by atoms with E-state index in [4.69, 9.17) is 44.1 Å². The second kappa shape index (κ2) is 14.0. The highest BCUT2D eigenvalue weighted by Crippen LogP contribution is 2.39. The third-order valence-electron chi connectivity index (χ3n) is 6.79. The predicted molar refractivity (Wildman–Crippen MR) is 174 cm³/mol. The highest BCUT2D eigenvalue weighted by Gasteiger charge is 2.24. The van der Waals surface area contributed by atoms with Gasteiger partial charge >= 0.3 is 0 Å². The first kappa shape index (κ1) is 31.1. The van der Waals surface area contributed by atoms with Crippen molar-refractivity contribution in [3.8, 4) is 17.0 Å². The Morgan fingerprint density at radius 2 is 1.57 bits per heavy atom. The van der Waals surface area contributed by atoms with E-state index in [0.29, 0.717) is 56.2 Å². The van der Waals surface area contributed by atoms with Gasteiger partial charge in [0.2, 0.25) is 0 Å². The van der Waals surface area contributed by atoms with Gasteiger partial charge in [0.15, 0.2) is 0 Å². The molecule has 0 radical (unpaired) electrons. The molecule has 224 valence electrons. The quantitative estimate of drug-likeness (QED) is 0.158. The number of carbonyl (C=O) groups excluding carboxylic acids is 2. The van der Waals surface area contributed by atoms with Crippen molar-refractivity contribution in [1.29, 1.82) is 0 Å². The van der Waals surface area contributed by atoms with E-state index in [0.717, 1.165) is 5.56 Å². The largest absolute Gasteiger partial charge is 0.489 e. The van der Waals surface area contributed by atoms with Gasteiger partial charge in [0, 0.05) is 29.3 Å². The molecule has 0 unspecified atom stereocenters. The first-order valence-electron chi connectivity index (χ1n) is 13.8. The molecule has 10 heteroatoms. The Balaban J connectivity index is 1.26. The molecule has 2 amide bonds. The lowest BCUT2D eigenvalue weighted by atomic mass is 10.0. The van der Waals surface area contributed by atoms with Crippen LogP contribution in [0.25, 0.3) is 11.3 Å². The van der Waals surface area contributed by atoms with Gasteiger partial charge < -0.3 is 19.9 Å². The van der Waals surface area contributed by atoms with Crippen molar-refractivity contribution in [2.75, 3.05) is 5.32 Å². The summed E-state index contributed by atoms with van der Waals surface area (Å²) in [6.07, 6.45) is 0. The van der Waals surface area contributed by atoms with Crippen molar-refractivity contribution < 1.29 is 18.8 Å². The average molecular weight is 649 g/mol. The summed E-state index contributed by atoms with van der Waals surface area (Å²) in [7, 11) is 0. The fraction of sp³-hybridized carbons (Fsp3) is 0.147. The van der Waals surface area contributed by atoms with Crippen LogP contribution in [0, 0.1) is 0 Å². The van der Waals surface area contributed by atoms with E-state index in [-0.39, 0.29) is 29.0 Å². The SMILES string of the molecule is CC(C)c1onc(-c2c(Cl)cccc2Cl)c1COc1ccc(C(=O)Nc2cccc(C(=O)NCc3ccccc3)c2)c(Cl)c1. The predicted octanol–water partition coefficient (Wildman–Crippen LogP) is 9.19. The van der Waals surface area contributed by atoms with Crippen molar-refractivity contribution in [2.24, 2.45) is 0 Å². The Hall–Kier alpha value is -4.30. The van der Waals surface area contributed by atoms with Gasteiger partial charge in [-0.1, -0.05) is 96.3 Å². The fourth-order valence-corrected chi connectivity index (χ4v) is 5.41. The highest BCUT2D eigenvalue weighted by atomic mass is 35.5. The average Bonchev–Trinajstić information content (AvgIpc) is 3.43. The number of hydrogen-bond donors (Lipinski definition) is 2. The van der Waals surface area contributed by atoms with Gasteiger partial charge in [0.05, 0.1) is 26.2 Å². The van der Waals surface area contributed by atoms with Crippen LogP contribution in [0.4, 0.5) is 5.69 Å². The number of nitrogens with one attached hydrogen (secondary N) is 2. The van der Waals surface area contributed by atoms with E-state index in [1.807, 2.05) is 44.2 Å². The van der Waals surface area contributed by atoms with Gasteiger partial charge in [-0.15, -0.1) is 0 Å². The Kier molecular flexibility index (Phi) is 9.90. The summed E-state index contributed by atoms with van der Waals surface area (Å²) >= 11 is 19.4. The van der Waals surface area contributed by atoms with Gasteiger partial charge in [-0.3, -0.25) is 9.59 Å². The molecule has 0 bridgehead atoms. The van der Waals surface area contributed by atoms with Crippen molar-refractivity contribution in [3.63, 3.8) is 0 Å². The maximum absolute atomic E-state index is 13.1. The van der Waals surface area contributed by atoms with Crippen LogP contribution >= 0.6 is 34.8 Å². The number of ether oxygens (including phenoxy) is 1. The summed E-state index contributed by atoms with van der Waals surface area (Å²) in [6.45, 7) is 4.47. The van der Waals surface area contributed by atoms with Gasteiger partial charge in [-0.2, -0.15) is 0 Å². The zero-order chi connectivity index (χ0) is 31.2. The summed E-state index contributed by atoms with van der Waals surface area (Å²) in [5, 5.41) is 11.0. The van der Waals surface area contributed by atoms with E-state index in [9.17, 15) is 9.59 Å². The molecule has 4 aromatic carbocycles. The third kappa shape index (κ3) is 7.25. The molecule has 44 heavy (non-hydrogen) atoms. The van der Waals surface area contributed by atoms with E-state index in [1.165, 1.54) is 0 Å². The summed E-state index contributed by atoms with van der Waals surface area (Å²) in [5.74, 6) is 0.432. The van der Waals surface area contributed by atoms with Crippen LogP contribution < -0.4 is 15.4 Å². The van der Waals surface area contributed by atoms with Crippen molar-refractivity contribution in [2.45, 2.75) is 32.9 Å². The number of carbonyl (C=O) groups is 2. The minimum atomic E-state index is -0.430. The van der Waals surface area contributed by atoms with Crippen LogP contribution in [0.1, 0.15) is 57.4 Å². The molecule has 0 saturated heterocycles. The van der Waals surface area contributed by atoms with Crippen LogP contribution in [0.3, 0.4) is 0 Å². The Morgan fingerprint density at radius 1 is 0.841 bits per heavy atom. The normalized spacial score (nSPS) is 11.0. The first-order chi connectivity index (χ1) is 21.2. The molecule has 0 atom stereocenters. The molecule has 0 aliphatic rings. The number of benzene rings is 4. The molecule has 5 rings (SSSR count). The molecule has 1 aromatic heterocycles. The van der Waals surface area contributed by atoms with Gasteiger partial charge in [0.1, 0.15) is 23.8 Å². The van der Waals surface area contributed by atoms with Crippen molar-refractivity contribution >= 4 is 52.3 Å². The maximum atomic E-state index is 13.1. The molecule has 7 nitrogen and oxygen atoms in total. The summed E-state index contributed by atoms with van der Waals surface area (Å²) in [6, 6.07) is 26.3. The third-order valence-corrected chi connectivity index (χ3v) is 7.73. The maximum Gasteiger partial charge on any atom is 0.257 e. The molecular formula is C34H28Cl3N3O4. The lowest BCUT2D eigenvalue weighted by molar-refractivity contribution is 0.0949. The monoisotopic (exact) mass is 647 g/mol.